The quantitative estimate of drug-likeness (QED) is 0.418. The molecule has 1 heterocycles. The van der Waals surface area contributed by atoms with Crippen LogP contribution < -0.4 is 5.73 Å². The molecular weight excluding hydrogens is 374 g/mol. The van der Waals surface area contributed by atoms with E-state index in [1.165, 1.54) is 18.7 Å². The molecule has 0 unspecified atom stereocenters. The van der Waals surface area contributed by atoms with Gasteiger partial charge < -0.3 is 10.5 Å². The van der Waals surface area contributed by atoms with E-state index < -0.39 is 0 Å². The Morgan fingerprint density at radius 2 is 2.08 bits per heavy atom. The molecule has 0 atom stereocenters. The first-order valence-corrected chi connectivity index (χ1v) is 9.04. The van der Waals surface area contributed by atoms with E-state index in [0.717, 1.165) is 5.56 Å². The van der Waals surface area contributed by atoms with Gasteiger partial charge in [-0.25, -0.2) is 0 Å². The molecule has 0 saturated carbocycles. The van der Waals surface area contributed by atoms with Crippen molar-refractivity contribution in [1.82, 2.24) is 14.8 Å². The lowest BCUT2D eigenvalue weighted by Gasteiger charge is -2.09. The van der Waals surface area contributed by atoms with E-state index in [9.17, 15) is 4.79 Å². The molecular formula is C17H18ClN5O2S. The molecule has 0 amide bonds. The van der Waals surface area contributed by atoms with Crippen LogP contribution in [0.3, 0.4) is 0 Å². The first kappa shape index (κ1) is 20.0. The van der Waals surface area contributed by atoms with Crippen molar-refractivity contribution in [2.24, 2.45) is 5.73 Å². The average molecular weight is 392 g/mol. The number of halogens is 1. The topological polar surface area (TPSA) is 107 Å². The van der Waals surface area contributed by atoms with E-state index in [1.54, 1.807) is 19.2 Å². The van der Waals surface area contributed by atoms with Gasteiger partial charge in [-0.1, -0.05) is 23.4 Å². The number of Topliss-reactive ketones (excluding diaryl/α,β-unsaturated/α-hetero) is 1. The molecule has 7 nitrogen and oxygen atoms in total. The highest BCUT2D eigenvalue weighted by molar-refractivity contribution is 7.99. The highest BCUT2D eigenvalue weighted by Gasteiger charge is 2.18. The number of benzene rings is 1. The number of hydrogen-bond donors (Lipinski definition) is 1. The van der Waals surface area contributed by atoms with E-state index in [0.29, 0.717) is 29.2 Å². The Morgan fingerprint density at radius 1 is 1.38 bits per heavy atom. The maximum absolute atomic E-state index is 12.2. The zero-order chi connectivity index (χ0) is 19.1. The first-order valence-electron chi connectivity index (χ1n) is 7.68. The summed E-state index contributed by atoms with van der Waals surface area (Å²) in [4.78, 5) is 12.2. The SMILES string of the molecule is COCCn1c(SCC(=O)C(C#N)=C(C)N)nnc1-c1ccc(Cl)cc1. The fourth-order valence-electron chi connectivity index (χ4n) is 2.16. The molecule has 1 aromatic carbocycles. The van der Waals surface area contributed by atoms with Crippen LogP contribution in [-0.2, 0) is 16.1 Å². The second-order valence-electron chi connectivity index (χ2n) is 5.34. The molecule has 0 spiro atoms. The number of allylic oxidation sites excluding steroid dienone is 2. The van der Waals surface area contributed by atoms with Crippen molar-refractivity contribution in [3.63, 3.8) is 0 Å². The summed E-state index contributed by atoms with van der Waals surface area (Å²) in [6, 6.07) is 9.09. The summed E-state index contributed by atoms with van der Waals surface area (Å²) in [5.74, 6) is 0.356. The molecule has 2 N–H and O–H groups in total. The Morgan fingerprint density at radius 3 is 2.65 bits per heavy atom. The van der Waals surface area contributed by atoms with Crippen molar-refractivity contribution in [2.75, 3.05) is 19.5 Å². The number of carbonyl (C=O) groups is 1. The normalized spacial score (nSPS) is 11.8. The molecule has 9 heteroatoms. The van der Waals surface area contributed by atoms with Gasteiger partial charge in [0.25, 0.3) is 0 Å². The number of aromatic nitrogens is 3. The van der Waals surface area contributed by atoms with Crippen LogP contribution in [-0.4, -0.2) is 40.0 Å². The zero-order valence-corrected chi connectivity index (χ0v) is 16.0. The number of carbonyl (C=O) groups excluding carboxylic acids is 1. The monoisotopic (exact) mass is 391 g/mol. The van der Waals surface area contributed by atoms with Gasteiger partial charge in [0.15, 0.2) is 16.8 Å². The van der Waals surface area contributed by atoms with Crippen LogP contribution in [0.15, 0.2) is 40.7 Å². The zero-order valence-electron chi connectivity index (χ0n) is 14.4. The molecule has 0 aliphatic rings. The maximum atomic E-state index is 12.2. The summed E-state index contributed by atoms with van der Waals surface area (Å²) in [6.07, 6.45) is 0. The van der Waals surface area contributed by atoms with Crippen LogP contribution in [0, 0.1) is 11.3 Å². The minimum atomic E-state index is -0.341. The number of ether oxygens (including phenoxy) is 1. The van der Waals surface area contributed by atoms with Crippen molar-refractivity contribution in [3.8, 4) is 17.5 Å². The first-order chi connectivity index (χ1) is 12.5. The van der Waals surface area contributed by atoms with Gasteiger partial charge in [0.1, 0.15) is 11.6 Å². The highest BCUT2D eigenvalue weighted by atomic mass is 35.5. The van der Waals surface area contributed by atoms with Gasteiger partial charge in [-0.2, -0.15) is 5.26 Å². The Hall–Kier alpha value is -2.34. The summed E-state index contributed by atoms with van der Waals surface area (Å²) in [5.41, 5.74) is 6.60. The fraction of sp³-hybridized carbons (Fsp3) is 0.294. The van der Waals surface area contributed by atoms with E-state index in [-0.39, 0.29) is 22.8 Å². The smallest absolute Gasteiger partial charge is 0.192 e. The number of hydrogen-bond acceptors (Lipinski definition) is 7. The summed E-state index contributed by atoms with van der Waals surface area (Å²) in [5, 5.41) is 18.6. The molecule has 2 aromatic rings. The average Bonchev–Trinajstić information content (AvgIpc) is 3.01. The highest BCUT2D eigenvalue weighted by Crippen LogP contribution is 2.25. The van der Waals surface area contributed by atoms with Gasteiger partial charge in [-0.05, 0) is 31.2 Å². The molecule has 0 bridgehead atoms. The lowest BCUT2D eigenvalue weighted by molar-refractivity contribution is -0.112. The lowest BCUT2D eigenvalue weighted by Crippen LogP contribution is -2.12. The Balaban J connectivity index is 2.26. The summed E-state index contributed by atoms with van der Waals surface area (Å²) in [6.45, 7) is 2.51. The molecule has 26 heavy (non-hydrogen) atoms. The fourth-order valence-corrected chi connectivity index (χ4v) is 3.13. The Labute approximate surface area is 160 Å². The van der Waals surface area contributed by atoms with Crippen molar-refractivity contribution in [2.45, 2.75) is 18.6 Å². The largest absolute Gasteiger partial charge is 0.401 e. The Kier molecular flexibility index (Phi) is 7.21. The van der Waals surface area contributed by atoms with E-state index in [2.05, 4.69) is 10.2 Å². The lowest BCUT2D eigenvalue weighted by atomic mass is 10.2. The van der Waals surface area contributed by atoms with E-state index in [1.807, 2.05) is 22.8 Å². The van der Waals surface area contributed by atoms with Crippen LogP contribution in [0.2, 0.25) is 5.02 Å². The molecule has 2 rings (SSSR count). The van der Waals surface area contributed by atoms with Crippen molar-refractivity contribution in [3.05, 3.63) is 40.6 Å². The molecule has 0 saturated heterocycles. The third kappa shape index (κ3) is 4.85. The second-order valence-corrected chi connectivity index (χ2v) is 6.72. The van der Waals surface area contributed by atoms with Crippen molar-refractivity contribution < 1.29 is 9.53 Å². The van der Waals surface area contributed by atoms with Gasteiger partial charge in [0.2, 0.25) is 0 Å². The molecule has 136 valence electrons. The number of nitrogens with two attached hydrogens (primary N) is 1. The number of ketones is 1. The van der Waals surface area contributed by atoms with Crippen LogP contribution in [0.1, 0.15) is 6.92 Å². The van der Waals surface area contributed by atoms with E-state index >= 15 is 0 Å². The summed E-state index contributed by atoms with van der Waals surface area (Å²) >= 11 is 7.14. The van der Waals surface area contributed by atoms with Crippen molar-refractivity contribution >= 4 is 29.1 Å². The maximum Gasteiger partial charge on any atom is 0.192 e. The number of thioether (sulfide) groups is 1. The standard InChI is InChI=1S/C17H18ClN5O2S/c1-11(20)14(9-19)15(24)10-26-17-22-21-16(23(17)7-8-25-2)12-3-5-13(18)6-4-12/h3-6H,7-8,10,20H2,1-2H3. The number of methoxy groups -OCH3 is 1. The molecule has 0 fully saturated rings. The van der Waals surface area contributed by atoms with E-state index in [4.69, 9.17) is 27.3 Å². The van der Waals surface area contributed by atoms with Crippen molar-refractivity contribution in [1.29, 1.82) is 5.26 Å². The minimum absolute atomic E-state index is 0.0293. The van der Waals surface area contributed by atoms with Gasteiger partial charge in [-0.3, -0.25) is 9.36 Å². The van der Waals surface area contributed by atoms with Crippen LogP contribution in [0.25, 0.3) is 11.4 Å². The predicted octanol–water partition coefficient (Wildman–Crippen LogP) is 2.66. The van der Waals surface area contributed by atoms with Gasteiger partial charge >= 0.3 is 0 Å². The summed E-state index contributed by atoms with van der Waals surface area (Å²) < 4.78 is 7.02. The number of rotatable bonds is 8. The second kappa shape index (κ2) is 9.38. The molecule has 0 radical (unpaired) electrons. The summed E-state index contributed by atoms with van der Waals surface area (Å²) in [7, 11) is 1.61. The number of nitrogens with zero attached hydrogens (tertiary/aromatic N) is 4. The third-order valence-electron chi connectivity index (χ3n) is 3.46. The van der Waals surface area contributed by atoms with Crippen LogP contribution in [0.4, 0.5) is 0 Å². The van der Waals surface area contributed by atoms with Gasteiger partial charge in [-0.15, -0.1) is 10.2 Å². The minimum Gasteiger partial charge on any atom is -0.401 e. The Bertz CT molecular complexity index is 851. The van der Waals surface area contributed by atoms with Gasteiger partial charge in [0, 0.05) is 23.4 Å². The van der Waals surface area contributed by atoms with Crippen LogP contribution >= 0.6 is 23.4 Å². The van der Waals surface area contributed by atoms with Gasteiger partial charge in [0.05, 0.1) is 18.9 Å². The van der Waals surface area contributed by atoms with Crippen LogP contribution in [0.5, 0.6) is 0 Å². The third-order valence-corrected chi connectivity index (χ3v) is 4.67. The molecule has 1 aromatic heterocycles. The molecule has 0 aliphatic carbocycles. The number of nitriles is 1. The molecule has 0 aliphatic heterocycles. The predicted molar refractivity (Wildman–Crippen MR) is 101 cm³/mol.